The normalized spacial score (nSPS) is 14.2. The lowest BCUT2D eigenvalue weighted by Crippen LogP contribution is -2.24. The highest BCUT2D eigenvalue weighted by atomic mass is 35.5. The maximum absolute atomic E-state index is 13.3. The first-order valence-corrected chi connectivity index (χ1v) is 6.78. The van der Waals surface area contributed by atoms with E-state index >= 15 is 0 Å². The average Bonchev–Trinajstić information content (AvgIpc) is 2.85. The Kier molecular flexibility index (Phi) is 4.81. The van der Waals surface area contributed by atoms with Crippen LogP contribution in [0.25, 0.3) is 0 Å². The molecule has 2 rings (SSSR count). The van der Waals surface area contributed by atoms with Crippen molar-refractivity contribution in [1.29, 1.82) is 0 Å². The van der Waals surface area contributed by atoms with Crippen LogP contribution in [0.4, 0.5) is 4.39 Å². The molecule has 1 aromatic carbocycles. The van der Waals surface area contributed by atoms with E-state index in [9.17, 15) is 9.50 Å². The molecule has 2 atom stereocenters. The number of benzene rings is 1. The monoisotopic (exact) mass is 297 g/mol. The van der Waals surface area contributed by atoms with Gasteiger partial charge in [0.1, 0.15) is 17.3 Å². The van der Waals surface area contributed by atoms with E-state index in [2.05, 4.69) is 5.32 Å². The van der Waals surface area contributed by atoms with Gasteiger partial charge in [-0.15, -0.1) is 0 Å². The van der Waals surface area contributed by atoms with Crippen molar-refractivity contribution in [1.82, 2.24) is 5.32 Å². The van der Waals surface area contributed by atoms with E-state index in [1.807, 2.05) is 26.0 Å². The summed E-state index contributed by atoms with van der Waals surface area (Å²) in [5.41, 5.74) is 0.488. The summed E-state index contributed by atoms with van der Waals surface area (Å²) in [7, 11) is 0. The molecule has 0 saturated carbocycles. The van der Waals surface area contributed by atoms with Crippen LogP contribution < -0.4 is 5.32 Å². The lowest BCUT2D eigenvalue weighted by molar-refractivity contribution is 0.168. The van der Waals surface area contributed by atoms with Crippen molar-refractivity contribution >= 4 is 11.6 Å². The van der Waals surface area contributed by atoms with E-state index in [0.717, 1.165) is 11.5 Å². The Bertz CT molecular complexity index is 585. The van der Waals surface area contributed by atoms with Crippen molar-refractivity contribution in [3.05, 3.63) is 58.3 Å². The third-order valence-corrected chi connectivity index (χ3v) is 3.44. The Morgan fingerprint density at radius 2 is 2.10 bits per heavy atom. The third-order valence-electron chi connectivity index (χ3n) is 3.13. The molecule has 3 nitrogen and oxygen atoms in total. The van der Waals surface area contributed by atoms with Gasteiger partial charge in [0, 0.05) is 6.54 Å². The van der Waals surface area contributed by atoms with Crippen LogP contribution in [-0.2, 0) is 0 Å². The number of halogens is 2. The van der Waals surface area contributed by atoms with Gasteiger partial charge in [-0.05, 0) is 43.7 Å². The fourth-order valence-electron chi connectivity index (χ4n) is 1.91. The molecule has 2 unspecified atom stereocenters. The van der Waals surface area contributed by atoms with Crippen LogP contribution in [-0.4, -0.2) is 11.7 Å². The highest BCUT2D eigenvalue weighted by Crippen LogP contribution is 2.21. The SMILES string of the molecule is Cc1ccc(C(C)NCC(O)c2ccc(Cl)c(F)c2)o1. The van der Waals surface area contributed by atoms with Crippen molar-refractivity contribution in [3.8, 4) is 0 Å². The summed E-state index contributed by atoms with van der Waals surface area (Å²) < 4.78 is 18.8. The second-order valence-corrected chi connectivity index (χ2v) is 5.17. The van der Waals surface area contributed by atoms with Gasteiger partial charge in [-0.25, -0.2) is 4.39 Å². The molecule has 0 aliphatic carbocycles. The zero-order valence-corrected chi connectivity index (χ0v) is 12.1. The van der Waals surface area contributed by atoms with Gasteiger partial charge in [0.25, 0.3) is 0 Å². The van der Waals surface area contributed by atoms with E-state index in [-0.39, 0.29) is 11.1 Å². The van der Waals surface area contributed by atoms with Crippen molar-refractivity contribution in [2.75, 3.05) is 6.54 Å². The molecule has 20 heavy (non-hydrogen) atoms. The van der Waals surface area contributed by atoms with Crippen molar-refractivity contribution < 1.29 is 13.9 Å². The highest BCUT2D eigenvalue weighted by molar-refractivity contribution is 6.30. The van der Waals surface area contributed by atoms with E-state index in [1.165, 1.54) is 12.1 Å². The first-order valence-electron chi connectivity index (χ1n) is 6.40. The van der Waals surface area contributed by atoms with Gasteiger partial charge in [0.05, 0.1) is 17.2 Å². The Morgan fingerprint density at radius 1 is 1.35 bits per heavy atom. The first-order chi connectivity index (χ1) is 9.47. The Balaban J connectivity index is 1.94. The standard InChI is InChI=1S/C15H17ClFNO2/c1-9-3-6-15(20-9)10(2)18-8-14(19)11-4-5-12(16)13(17)7-11/h3-7,10,14,18-19H,8H2,1-2H3. The van der Waals surface area contributed by atoms with E-state index in [1.54, 1.807) is 6.07 Å². The Hall–Kier alpha value is -1.36. The van der Waals surface area contributed by atoms with Gasteiger partial charge in [-0.1, -0.05) is 17.7 Å². The maximum Gasteiger partial charge on any atom is 0.142 e. The summed E-state index contributed by atoms with van der Waals surface area (Å²) in [5.74, 6) is 1.11. The van der Waals surface area contributed by atoms with Gasteiger partial charge < -0.3 is 14.8 Å². The topological polar surface area (TPSA) is 45.4 Å². The minimum absolute atomic E-state index is 0.0319. The summed E-state index contributed by atoms with van der Waals surface area (Å²) >= 11 is 5.61. The average molecular weight is 298 g/mol. The molecule has 5 heteroatoms. The van der Waals surface area contributed by atoms with E-state index < -0.39 is 11.9 Å². The molecule has 0 radical (unpaired) electrons. The molecule has 0 amide bonds. The zero-order chi connectivity index (χ0) is 14.7. The second-order valence-electron chi connectivity index (χ2n) is 4.77. The van der Waals surface area contributed by atoms with Gasteiger partial charge >= 0.3 is 0 Å². The van der Waals surface area contributed by atoms with Crippen LogP contribution in [0.2, 0.25) is 5.02 Å². The van der Waals surface area contributed by atoms with Crippen LogP contribution in [0.15, 0.2) is 34.7 Å². The van der Waals surface area contributed by atoms with Gasteiger partial charge in [0.2, 0.25) is 0 Å². The molecular weight excluding hydrogens is 281 g/mol. The molecule has 0 aliphatic rings. The number of aliphatic hydroxyl groups is 1. The summed E-state index contributed by atoms with van der Waals surface area (Å²) in [4.78, 5) is 0. The highest BCUT2D eigenvalue weighted by Gasteiger charge is 2.14. The summed E-state index contributed by atoms with van der Waals surface area (Å²) in [6.07, 6.45) is -0.805. The van der Waals surface area contributed by atoms with Crippen molar-refractivity contribution in [2.24, 2.45) is 0 Å². The molecular formula is C15H17ClFNO2. The molecule has 2 N–H and O–H groups in total. The van der Waals surface area contributed by atoms with Crippen LogP contribution in [0, 0.1) is 12.7 Å². The minimum atomic E-state index is -0.805. The molecule has 0 fully saturated rings. The number of aryl methyl sites for hydroxylation is 1. The number of aliphatic hydroxyl groups excluding tert-OH is 1. The Labute approximate surface area is 122 Å². The van der Waals surface area contributed by atoms with Crippen LogP contribution >= 0.6 is 11.6 Å². The van der Waals surface area contributed by atoms with Crippen LogP contribution in [0.3, 0.4) is 0 Å². The lowest BCUT2D eigenvalue weighted by atomic mass is 10.1. The smallest absolute Gasteiger partial charge is 0.142 e. The Morgan fingerprint density at radius 3 is 2.70 bits per heavy atom. The van der Waals surface area contributed by atoms with E-state index in [0.29, 0.717) is 12.1 Å². The third kappa shape index (κ3) is 3.60. The minimum Gasteiger partial charge on any atom is -0.465 e. The number of hydrogen-bond acceptors (Lipinski definition) is 3. The van der Waals surface area contributed by atoms with Crippen molar-refractivity contribution in [2.45, 2.75) is 26.0 Å². The molecule has 0 aliphatic heterocycles. The fourth-order valence-corrected chi connectivity index (χ4v) is 2.03. The number of rotatable bonds is 5. The largest absolute Gasteiger partial charge is 0.465 e. The maximum atomic E-state index is 13.3. The lowest BCUT2D eigenvalue weighted by Gasteiger charge is -2.16. The van der Waals surface area contributed by atoms with Crippen molar-refractivity contribution in [3.63, 3.8) is 0 Å². The summed E-state index contributed by atoms with van der Waals surface area (Å²) in [5, 5.41) is 13.2. The number of nitrogens with one attached hydrogen (secondary N) is 1. The predicted octanol–water partition coefficient (Wildman–Crippen LogP) is 3.76. The summed E-state index contributed by atoms with van der Waals surface area (Å²) in [6.45, 7) is 4.11. The second kappa shape index (κ2) is 6.39. The fraction of sp³-hybridized carbons (Fsp3) is 0.333. The zero-order valence-electron chi connectivity index (χ0n) is 11.4. The van der Waals surface area contributed by atoms with Crippen LogP contribution in [0.1, 0.15) is 36.2 Å². The molecule has 1 heterocycles. The molecule has 1 aromatic heterocycles. The predicted molar refractivity (Wildman–Crippen MR) is 76.2 cm³/mol. The molecule has 0 bridgehead atoms. The number of furan rings is 1. The number of hydrogen-bond donors (Lipinski definition) is 2. The summed E-state index contributed by atoms with van der Waals surface area (Å²) in [6, 6.07) is 8.04. The molecule has 0 spiro atoms. The molecule has 0 saturated heterocycles. The van der Waals surface area contributed by atoms with Gasteiger partial charge in [-0.2, -0.15) is 0 Å². The van der Waals surface area contributed by atoms with E-state index in [4.69, 9.17) is 16.0 Å². The van der Waals surface area contributed by atoms with Gasteiger partial charge in [-0.3, -0.25) is 0 Å². The molecule has 108 valence electrons. The van der Waals surface area contributed by atoms with Crippen LogP contribution in [0.5, 0.6) is 0 Å². The quantitative estimate of drug-likeness (QED) is 0.883. The van der Waals surface area contributed by atoms with Gasteiger partial charge in [0.15, 0.2) is 0 Å². The molecule has 2 aromatic rings. The first kappa shape index (κ1) is 15.0.